The number of fused-ring (bicyclic) bond motifs is 3. The second-order valence-corrected chi connectivity index (χ2v) is 9.46. The van der Waals surface area contributed by atoms with Crippen molar-refractivity contribution in [3.05, 3.63) is 29.3 Å². The molecule has 1 atom stereocenters. The van der Waals surface area contributed by atoms with Crippen LogP contribution in [0.3, 0.4) is 0 Å². The Morgan fingerprint density at radius 3 is 2.29 bits per heavy atom. The predicted molar refractivity (Wildman–Crippen MR) is 105 cm³/mol. The first-order valence-corrected chi connectivity index (χ1v) is 11.1. The van der Waals surface area contributed by atoms with E-state index in [2.05, 4.69) is 11.4 Å². The molecule has 3 aliphatic carbocycles. The molecule has 3 saturated carbocycles. The fourth-order valence-corrected chi connectivity index (χ4v) is 5.41. The number of hydrogen-bond acceptors (Lipinski definition) is 4. The molecule has 31 heavy (non-hydrogen) atoms. The number of carbonyl (C=O) groups excluding carboxylic acids is 1. The van der Waals surface area contributed by atoms with E-state index in [1.54, 1.807) is 0 Å². The zero-order valence-corrected chi connectivity index (χ0v) is 17.4. The van der Waals surface area contributed by atoms with Crippen molar-refractivity contribution in [1.82, 2.24) is 5.32 Å². The van der Waals surface area contributed by atoms with Crippen molar-refractivity contribution in [3.63, 3.8) is 0 Å². The summed E-state index contributed by atoms with van der Waals surface area (Å²) in [6.45, 7) is 0.267. The van der Waals surface area contributed by atoms with Crippen LogP contribution in [0.5, 0.6) is 0 Å². The molecule has 1 aliphatic heterocycles. The minimum absolute atomic E-state index is 0.0472. The molecule has 0 spiro atoms. The lowest BCUT2D eigenvalue weighted by Crippen LogP contribution is -2.56. The van der Waals surface area contributed by atoms with Crippen LogP contribution in [0.15, 0.2) is 18.2 Å². The molecule has 4 aliphatic rings. The highest BCUT2D eigenvalue weighted by Crippen LogP contribution is 2.52. The summed E-state index contributed by atoms with van der Waals surface area (Å²) < 4.78 is 67.8. The van der Waals surface area contributed by atoms with Gasteiger partial charge < -0.3 is 10.1 Å². The zero-order valence-electron chi connectivity index (χ0n) is 16.6. The van der Waals surface area contributed by atoms with E-state index in [-0.39, 0.29) is 29.9 Å². The fraction of sp³-hybridized carbons (Fsp3) is 0.600. The van der Waals surface area contributed by atoms with E-state index < -0.39 is 40.5 Å². The van der Waals surface area contributed by atoms with Gasteiger partial charge in [-0.25, -0.2) is 4.21 Å². The molecular formula is C20H22F3N3O4S. The maximum absolute atomic E-state index is 13.3. The SMILES string of the molecule is N#CC12CCC(NC(=O)c3cc(C(F)(F)F)ccc3N(C3COC3)S(=O)O)(CC1)CC2. The van der Waals surface area contributed by atoms with Gasteiger partial charge in [-0.05, 0) is 56.7 Å². The van der Waals surface area contributed by atoms with Crippen LogP contribution in [0.2, 0.25) is 0 Å². The van der Waals surface area contributed by atoms with Crippen molar-refractivity contribution in [2.45, 2.75) is 56.3 Å². The number of rotatable bonds is 5. The van der Waals surface area contributed by atoms with Gasteiger partial charge in [0.25, 0.3) is 17.2 Å². The number of nitrogens with zero attached hydrogens (tertiary/aromatic N) is 2. The van der Waals surface area contributed by atoms with Crippen LogP contribution in [0.1, 0.15) is 54.4 Å². The number of benzene rings is 1. The predicted octanol–water partition coefficient (Wildman–Crippen LogP) is 3.39. The second-order valence-electron chi connectivity index (χ2n) is 8.60. The Morgan fingerprint density at radius 2 is 1.84 bits per heavy atom. The van der Waals surface area contributed by atoms with Crippen molar-refractivity contribution >= 4 is 22.9 Å². The first kappa shape index (κ1) is 22.0. The van der Waals surface area contributed by atoms with Gasteiger partial charge in [0, 0.05) is 5.54 Å². The van der Waals surface area contributed by atoms with Crippen LogP contribution in [-0.4, -0.2) is 39.5 Å². The van der Waals surface area contributed by atoms with Crippen molar-refractivity contribution in [2.75, 3.05) is 17.5 Å². The van der Waals surface area contributed by atoms with E-state index in [9.17, 15) is 32.0 Å². The van der Waals surface area contributed by atoms with E-state index >= 15 is 0 Å². The van der Waals surface area contributed by atoms with E-state index in [1.807, 2.05) is 0 Å². The molecule has 0 radical (unpaired) electrons. The van der Waals surface area contributed by atoms with Crippen LogP contribution in [0.25, 0.3) is 0 Å². The molecule has 4 fully saturated rings. The molecule has 11 heteroatoms. The summed E-state index contributed by atoms with van der Waals surface area (Å²) >= 11 is -2.55. The monoisotopic (exact) mass is 457 g/mol. The first-order chi connectivity index (χ1) is 14.6. The summed E-state index contributed by atoms with van der Waals surface area (Å²) in [5, 5.41) is 12.3. The number of anilines is 1. The summed E-state index contributed by atoms with van der Waals surface area (Å²) in [6.07, 6.45) is -1.05. The molecule has 1 amide bonds. The van der Waals surface area contributed by atoms with E-state index in [0.29, 0.717) is 38.5 Å². The third-order valence-electron chi connectivity index (χ3n) is 6.79. The highest BCUT2D eigenvalue weighted by Gasteiger charge is 2.50. The molecule has 2 N–H and O–H groups in total. The number of hydrogen-bond donors (Lipinski definition) is 2. The molecular weight excluding hydrogens is 435 g/mol. The second kappa shape index (κ2) is 7.76. The number of nitriles is 1. The van der Waals surface area contributed by atoms with Crippen LogP contribution in [0.4, 0.5) is 18.9 Å². The number of carbonyl (C=O) groups is 1. The molecule has 0 aromatic heterocycles. The first-order valence-electron chi connectivity index (χ1n) is 10.0. The zero-order chi connectivity index (χ0) is 22.4. The van der Waals surface area contributed by atoms with Crippen LogP contribution in [0, 0.1) is 16.7 Å². The summed E-state index contributed by atoms with van der Waals surface area (Å²) in [5.74, 6) is -0.719. The van der Waals surface area contributed by atoms with Gasteiger partial charge in [0.2, 0.25) is 0 Å². The Hall–Kier alpha value is -2.16. The van der Waals surface area contributed by atoms with E-state index in [1.165, 1.54) is 0 Å². The van der Waals surface area contributed by atoms with Crippen molar-refractivity contribution < 1.29 is 31.5 Å². The number of nitrogens with one attached hydrogen (secondary N) is 1. The van der Waals surface area contributed by atoms with Gasteiger partial charge >= 0.3 is 6.18 Å². The summed E-state index contributed by atoms with van der Waals surface area (Å²) in [5.41, 5.74) is -2.31. The van der Waals surface area contributed by atoms with Crippen molar-refractivity contribution in [1.29, 1.82) is 5.26 Å². The third-order valence-corrected chi connectivity index (χ3v) is 7.62. The topological polar surface area (TPSA) is 103 Å². The number of amides is 1. The molecule has 1 aromatic rings. The Labute approximate surface area is 180 Å². The Balaban J connectivity index is 1.67. The Bertz CT molecular complexity index is 933. The lowest BCUT2D eigenvalue weighted by molar-refractivity contribution is -0.137. The molecule has 1 saturated heterocycles. The van der Waals surface area contributed by atoms with Crippen LogP contribution >= 0.6 is 0 Å². The largest absolute Gasteiger partial charge is 0.416 e. The van der Waals surface area contributed by atoms with Crippen molar-refractivity contribution in [2.24, 2.45) is 5.41 Å². The van der Waals surface area contributed by atoms with Gasteiger partial charge in [-0.1, -0.05) is 0 Å². The highest BCUT2D eigenvalue weighted by molar-refractivity contribution is 7.80. The Kier molecular flexibility index (Phi) is 5.52. The fourth-order valence-electron chi connectivity index (χ4n) is 4.70. The minimum Gasteiger partial charge on any atom is -0.377 e. The van der Waals surface area contributed by atoms with Gasteiger partial charge in [-0.3, -0.25) is 13.7 Å². The van der Waals surface area contributed by atoms with Gasteiger partial charge in [-0.2, -0.15) is 18.4 Å². The maximum atomic E-state index is 13.3. The molecule has 2 bridgehead atoms. The smallest absolute Gasteiger partial charge is 0.377 e. The summed E-state index contributed by atoms with van der Waals surface area (Å²) in [7, 11) is 0. The summed E-state index contributed by atoms with van der Waals surface area (Å²) in [6, 6.07) is 4.44. The van der Waals surface area contributed by atoms with Crippen LogP contribution in [-0.2, 0) is 22.2 Å². The van der Waals surface area contributed by atoms with E-state index in [4.69, 9.17) is 4.74 Å². The van der Waals surface area contributed by atoms with Crippen LogP contribution < -0.4 is 9.62 Å². The molecule has 1 aromatic carbocycles. The molecule has 1 unspecified atom stereocenters. The van der Waals surface area contributed by atoms with Gasteiger partial charge in [-0.15, -0.1) is 0 Å². The van der Waals surface area contributed by atoms with E-state index in [0.717, 1.165) is 22.5 Å². The average Bonchev–Trinajstić information content (AvgIpc) is 2.70. The lowest BCUT2D eigenvalue weighted by Gasteiger charge is -2.50. The minimum atomic E-state index is -4.67. The van der Waals surface area contributed by atoms with Gasteiger partial charge in [0.1, 0.15) is 0 Å². The highest BCUT2D eigenvalue weighted by atomic mass is 32.2. The normalized spacial score (nSPS) is 29.0. The molecule has 7 nitrogen and oxygen atoms in total. The molecule has 5 rings (SSSR count). The molecule has 1 heterocycles. The van der Waals surface area contributed by atoms with Gasteiger partial charge in [0.05, 0.1) is 47.6 Å². The standard InChI is InChI=1S/C20H22F3N3O4S/c21-20(22,23)13-1-2-16(26(31(28)29)14-10-30-11-14)15(9-13)17(27)25-19-6-3-18(12-24,4-7-19)5-8-19/h1-2,9,14H,3-8,10-11H2,(H,25,27)(H,28,29). The quantitative estimate of drug-likeness (QED) is 0.660. The summed E-state index contributed by atoms with van der Waals surface area (Å²) in [4.78, 5) is 13.2. The number of ether oxygens (including phenoxy) is 1. The number of alkyl halides is 3. The third kappa shape index (κ3) is 4.04. The van der Waals surface area contributed by atoms with Crippen molar-refractivity contribution in [3.8, 4) is 6.07 Å². The number of halogens is 3. The molecule has 168 valence electrons. The maximum Gasteiger partial charge on any atom is 0.416 e. The lowest BCUT2D eigenvalue weighted by atomic mass is 9.58. The van der Waals surface area contributed by atoms with Gasteiger partial charge in [0.15, 0.2) is 0 Å². The Morgan fingerprint density at radius 1 is 1.23 bits per heavy atom. The average molecular weight is 457 g/mol.